The summed E-state index contributed by atoms with van der Waals surface area (Å²) in [5, 5.41) is 1.83. The third kappa shape index (κ3) is 1.97. The Balaban J connectivity index is 2.38. The fourth-order valence-corrected chi connectivity index (χ4v) is 2.04. The monoisotopic (exact) mass is 236 g/mol. The highest BCUT2D eigenvalue weighted by molar-refractivity contribution is 7.12. The molecule has 0 bridgehead atoms. The van der Waals surface area contributed by atoms with Crippen molar-refractivity contribution >= 4 is 17.1 Å². The van der Waals surface area contributed by atoms with E-state index < -0.39 is 5.82 Å². The minimum Gasteiger partial charge on any atom is -0.494 e. The number of halogens is 1. The average Bonchev–Trinajstić information content (AvgIpc) is 2.82. The van der Waals surface area contributed by atoms with Crippen LogP contribution >= 0.6 is 11.3 Å². The average molecular weight is 236 g/mol. The van der Waals surface area contributed by atoms with Crippen molar-refractivity contribution in [1.82, 2.24) is 0 Å². The van der Waals surface area contributed by atoms with Gasteiger partial charge in [-0.25, -0.2) is 4.39 Å². The number of benzene rings is 1. The van der Waals surface area contributed by atoms with Crippen LogP contribution in [0.4, 0.5) is 4.39 Å². The molecule has 4 heteroatoms. The van der Waals surface area contributed by atoms with Crippen molar-refractivity contribution in [3.05, 3.63) is 52.0 Å². The first kappa shape index (κ1) is 10.8. The molecule has 0 saturated heterocycles. The van der Waals surface area contributed by atoms with Crippen LogP contribution in [0.15, 0.2) is 35.7 Å². The van der Waals surface area contributed by atoms with Gasteiger partial charge in [-0.05, 0) is 29.6 Å². The molecular formula is C12H9FO2S. The fraction of sp³-hybridized carbons (Fsp3) is 0.0833. The van der Waals surface area contributed by atoms with Gasteiger partial charge >= 0.3 is 0 Å². The van der Waals surface area contributed by atoms with E-state index in [1.807, 2.05) is 5.38 Å². The number of ketones is 1. The highest BCUT2D eigenvalue weighted by Crippen LogP contribution is 2.21. The highest BCUT2D eigenvalue weighted by Gasteiger charge is 2.12. The maximum Gasteiger partial charge on any atom is 0.203 e. The second kappa shape index (κ2) is 4.45. The third-order valence-electron chi connectivity index (χ3n) is 2.16. The summed E-state index contributed by atoms with van der Waals surface area (Å²) in [7, 11) is 1.37. The Labute approximate surface area is 96.3 Å². The smallest absolute Gasteiger partial charge is 0.203 e. The topological polar surface area (TPSA) is 26.3 Å². The summed E-state index contributed by atoms with van der Waals surface area (Å²) in [6.07, 6.45) is 0. The van der Waals surface area contributed by atoms with Crippen molar-refractivity contribution in [2.24, 2.45) is 0 Å². The molecule has 0 spiro atoms. The number of thiophene rings is 1. The lowest BCUT2D eigenvalue weighted by atomic mass is 10.1. The Morgan fingerprint density at radius 3 is 2.81 bits per heavy atom. The Hall–Kier alpha value is -1.68. The van der Waals surface area contributed by atoms with E-state index in [-0.39, 0.29) is 11.5 Å². The number of methoxy groups -OCH3 is 1. The van der Waals surface area contributed by atoms with Crippen LogP contribution in [0.3, 0.4) is 0 Å². The predicted molar refractivity (Wildman–Crippen MR) is 60.7 cm³/mol. The van der Waals surface area contributed by atoms with Crippen LogP contribution in [-0.2, 0) is 0 Å². The molecule has 0 radical (unpaired) electrons. The molecule has 1 aromatic heterocycles. The lowest BCUT2D eigenvalue weighted by Gasteiger charge is -2.03. The predicted octanol–water partition coefficient (Wildman–Crippen LogP) is 3.13. The van der Waals surface area contributed by atoms with Gasteiger partial charge in [0.05, 0.1) is 12.0 Å². The van der Waals surface area contributed by atoms with Crippen molar-refractivity contribution in [3.63, 3.8) is 0 Å². The van der Waals surface area contributed by atoms with Gasteiger partial charge in [0.25, 0.3) is 0 Å². The molecule has 0 N–H and O–H groups in total. The molecule has 1 heterocycles. The Bertz CT molecular complexity index is 506. The van der Waals surface area contributed by atoms with Gasteiger partial charge < -0.3 is 4.74 Å². The summed E-state index contributed by atoms with van der Waals surface area (Å²) in [5.74, 6) is -0.499. The van der Waals surface area contributed by atoms with E-state index in [4.69, 9.17) is 4.74 Å². The zero-order valence-corrected chi connectivity index (χ0v) is 9.38. The first-order chi connectivity index (χ1) is 7.72. The Kier molecular flexibility index (Phi) is 3.01. The molecule has 0 aliphatic heterocycles. The summed E-state index contributed by atoms with van der Waals surface area (Å²) in [6.45, 7) is 0. The first-order valence-corrected chi connectivity index (χ1v) is 5.52. The van der Waals surface area contributed by atoms with Crippen molar-refractivity contribution in [3.8, 4) is 5.75 Å². The van der Waals surface area contributed by atoms with Gasteiger partial charge in [-0.2, -0.15) is 0 Å². The van der Waals surface area contributed by atoms with Crippen LogP contribution in [0.1, 0.15) is 15.2 Å². The summed E-state index contributed by atoms with van der Waals surface area (Å²) in [4.78, 5) is 12.6. The number of rotatable bonds is 3. The van der Waals surface area contributed by atoms with E-state index in [2.05, 4.69) is 0 Å². The molecule has 0 atom stereocenters. The first-order valence-electron chi connectivity index (χ1n) is 4.64. The molecule has 0 fully saturated rings. The van der Waals surface area contributed by atoms with Crippen LogP contribution in [-0.4, -0.2) is 12.9 Å². The molecule has 0 aliphatic rings. The summed E-state index contributed by atoms with van der Waals surface area (Å²) in [5.41, 5.74) is 0.431. The fourth-order valence-electron chi connectivity index (χ4n) is 1.35. The zero-order chi connectivity index (χ0) is 11.5. The molecule has 82 valence electrons. The number of ether oxygens (including phenoxy) is 1. The maximum atomic E-state index is 13.1. The normalized spacial score (nSPS) is 10.1. The number of carbonyl (C=O) groups is 1. The van der Waals surface area contributed by atoms with Gasteiger partial charge in [-0.1, -0.05) is 6.07 Å². The SMILES string of the molecule is COc1cc(C(=O)c2cccs2)ccc1F. The van der Waals surface area contributed by atoms with E-state index >= 15 is 0 Å². The molecule has 0 unspecified atom stereocenters. The quantitative estimate of drug-likeness (QED) is 0.765. The molecular weight excluding hydrogens is 227 g/mol. The number of carbonyl (C=O) groups excluding carboxylic acids is 1. The minimum atomic E-state index is -0.467. The summed E-state index contributed by atoms with van der Waals surface area (Å²) >= 11 is 1.36. The number of hydrogen-bond acceptors (Lipinski definition) is 3. The van der Waals surface area contributed by atoms with Gasteiger partial charge in [-0.15, -0.1) is 11.3 Å². The lowest BCUT2D eigenvalue weighted by molar-refractivity contribution is 0.104. The van der Waals surface area contributed by atoms with Crippen molar-refractivity contribution in [2.75, 3.05) is 7.11 Å². The van der Waals surface area contributed by atoms with Gasteiger partial charge in [0.15, 0.2) is 11.6 Å². The lowest BCUT2D eigenvalue weighted by Crippen LogP contribution is -2.00. The third-order valence-corrected chi connectivity index (χ3v) is 3.03. The van der Waals surface area contributed by atoms with Crippen LogP contribution in [0.2, 0.25) is 0 Å². The van der Waals surface area contributed by atoms with Crippen LogP contribution < -0.4 is 4.74 Å². The summed E-state index contributed by atoms with van der Waals surface area (Å²) in [6, 6.07) is 7.65. The van der Waals surface area contributed by atoms with Crippen LogP contribution in [0.25, 0.3) is 0 Å². The van der Waals surface area contributed by atoms with E-state index in [1.54, 1.807) is 12.1 Å². The molecule has 2 rings (SSSR count). The second-order valence-corrected chi connectivity index (χ2v) is 4.10. The van der Waals surface area contributed by atoms with Crippen molar-refractivity contribution in [2.45, 2.75) is 0 Å². The summed E-state index contributed by atoms with van der Waals surface area (Å²) < 4.78 is 18.0. The van der Waals surface area contributed by atoms with Gasteiger partial charge in [0.1, 0.15) is 0 Å². The van der Waals surface area contributed by atoms with E-state index in [0.717, 1.165) is 0 Å². The van der Waals surface area contributed by atoms with Crippen molar-refractivity contribution in [1.29, 1.82) is 0 Å². The van der Waals surface area contributed by atoms with Crippen LogP contribution in [0.5, 0.6) is 5.75 Å². The highest BCUT2D eigenvalue weighted by atomic mass is 32.1. The minimum absolute atomic E-state index is 0.0856. The molecule has 1 aromatic carbocycles. The molecule has 0 amide bonds. The Morgan fingerprint density at radius 2 is 2.19 bits per heavy atom. The number of hydrogen-bond donors (Lipinski definition) is 0. The van der Waals surface area contributed by atoms with Gasteiger partial charge in [-0.3, -0.25) is 4.79 Å². The second-order valence-electron chi connectivity index (χ2n) is 3.16. The molecule has 2 aromatic rings. The standard InChI is InChI=1S/C12H9FO2S/c1-15-10-7-8(4-5-9(10)13)12(14)11-3-2-6-16-11/h2-7H,1H3. The van der Waals surface area contributed by atoms with Gasteiger partial charge in [0, 0.05) is 5.56 Å². The molecule has 0 saturated carbocycles. The Morgan fingerprint density at radius 1 is 1.38 bits per heavy atom. The zero-order valence-electron chi connectivity index (χ0n) is 8.57. The largest absolute Gasteiger partial charge is 0.494 e. The van der Waals surface area contributed by atoms with E-state index in [9.17, 15) is 9.18 Å². The maximum absolute atomic E-state index is 13.1. The van der Waals surface area contributed by atoms with Crippen LogP contribution in [0, 0.1) is 5.82 Å². The van der Waals surface area contributed by atoms with E-state index in [1.165, 1.54) is 36.6 Å². The van der Waals surface area contributed by atoms with E-state index in [0.29, 0.717) is 10.4 Å². The molecule has 16 heavy (non-hydrogen) atoms. The van der Waals surface area contributed by atoms with Crippen molar-refractivity contribution < 1.29 is 13.9 Å². The van der Waals surface area contributed by atoms with Gasteiger partial charge in [0.2, 0.25) is 5.78 Å². The molecule has 0 aliphatic carbocycles. The molecule has 2 nitrogen and oxygen atoms in total.